The average molecular weight is 268 g/mol. The van der Waals surface area contributed by atoms with Crippen LogP contribution in [-0.2, 0) is 4.74 Å². The molecule has 0 radical (unpaired) electrons. The number of ether oxygens (including phenoxy) is 1. The number of nitrogens with one attached hydrogen (secondary N) is 1. The molecule has 1 unspecified atom stereocenters. The van der Waals surface area contributed by atoms with Crippen molar-refractivity contribution in [1.82, 2.24) is 14.7 Å². The van der Waals surface area contributed by atoms with Crippen LogP contribution < -0.4 is 5.32 Å². The number of rotatable bonds is 3. The molecule has 18 heavy (non-hydrogen) atoms. The van der Waals surface area contributed by atoms with E-state index in [-0.39, 0.29) is 6.04 Å². The van der Waals surface area contributed by atoms with E-state index in [1.165, 1.54) is 7.11 Å². The average Bonchev–Trinajstić information content (AvgIpc) is 2.75. The number of fused-ring (bicyclic) bond motifs is 1. The minimum Gasteiger partial charge on any atom is -0.464 e. The van der Waals surface area contributed by atoms with E-state index in [1.807, 2.05) is 14.0 Å². The molecule has 0 aliphatic carbocycles. The Hall–Kier alpha value is -1.59. The number of imidazole rings is 1. The maximum atomic E-state index is 11.7. The predicted octanol–water partition coefficient (Wildman–Crippen LogP) is 2.05. The van der Waals surface area contributed by atoms with Gasteiger partial charge in [-0.05, 0) is 26.1 Å². The molecule has 2 rings (SSSR count). The molecule has 0 aromatic carbocycles. The van der Waals surface area contributed by atoms with E-state index in [0.29, 0.717) is 16.2 Å². The van der Waals surface area contributed by atoms with Crippen LogP contribution in [0.15, 0.2) is 18.3 Å². The van der Waals surface area contributed by atoms with Crippen molar-refractivity contribution < 1.29 is 9.53 Å². The summed E-state index contributed by atoms with van der Waals surface area (Å²) >= 11 is 5.98. The summed E-state index contributed by atoms with van der Waals surface area (Å²) in [4.78, 5) is 16.0. The van der Waals surface area contributed by atoms with Gasteiger partial charge in [0, 0.05) is 6.20 Å². The number of esters is 1. The Morgan fingerprint density at radius 1 is 1.56 bits per heavy atom. The van der Waals surface area contributed by atoms with E-state index in [1.54, 1.807) is 22.7 Å². The van der Waals surface area contributed by atoms with Gasteiger partial charge in [0.2, 0.25) is 0 Å². The van der Waals surface area contributed by atoms with Crippen LogP contribution in [0.1, 0.15) is 29.3 Å². The molecule has 96 valence electrons. The maximum Gasteiger partial charge on any atom is 0.358 e. The Balaban J connectivity index is 2.71. The fraction of sp³-hybridized carbons (Fsp3) is 0.333. The second-order valence-corrected chi connectivity index (χ2v) is 4.36. The molecule has 2 aromatic rings. The highest BCUT2D eigenvalue weighted by atomic mass is 35.5. The van der Waals surface area contributed by atoms with E-state index in [4.69, 9.17) is 16.3 Å². The summed E-state index contributed by atoms with van der Waals surface area (Å²) in [7, 11) is 3.17. The first kappa shape index (κ1) is 12.9. The molecule has 0 amide bonds. The third-order valence-electron chi connectivity index (χ3n) is 2.83. The highest BCUT2D eigenvalue weighted by Gasteiger charge is 2.20. The Bertz CT molecular complexity index is 594. The van der Waals surface area contributed by atoms with Crippen molar-refractivity contribution in [2.24, 2.45) is 0 Å². The van der Waals surface area contributed by atoms with Crippen molar-refractivity contribution >= 4 is 23.1 Å². The Kier molecular flexibility index (Phi) is 3.54. The number of aromatic nitrogens is 2. The molecule has 0 saturated carbocycles. The Labute approximate surface area is 110 Å². The fourth-order valence-corrected chi connectivity index (χ4v) is 1.93. The van der Waals surface area contributed by atoms with Crippen LogP contribution in [0.4, 0.5) is 0 Å². The number of carbonyl (C=O) groups excluding carboxylic acids is 1. The number of hydrogen-bond acceptors (Lipinski definition) is 4. The molecule has 1 atom stereocenters. The van der Waals surface area contributed by atoms with Gasteiger partial charge >= 0.3 is 5.97 Å². The third-order valence-corrected chi connectivity index (χ3v) is 3.05. The minimum absolute atomic E-state index is 0.00521. The second-order valence-electron chi connectivity index (χ2n) is 3.92. The minimum atomic E-state index is -0.454. The zero-order valence-corrected chi connectivity index (χ0v) is 11.2. The number of methoxy groups -OCH3 is 1. The lowest BCUT2D eigenvalue weighted by Crippen LogP contribution is -2.15. The number of carbonyl (C=O) groups is 1. The van der Waals surface area contributed by atoms with Gasteiger partial charge in [0.15, 0.2) is 5.69 Å². The first-order valence-electron chi connectivity index (χ1n) is 5.51. The molecule has 0 aliphatic rings. The zero-order valence-electron chi connectivity index (χ0n) is 10.4. The van der Waals surface area contributed by atoms with E-state index in [0.717, 1.165) is 5.82 Å². The summed E-state index contributed by atoms with van der Waals surface area (Å²) in [5, 5.41) is 3.67. The topological polar surface area (TPSA) is 55.6 Å². The fourth-order valence-electron chi connectivity index (χ4n) is 1.76. The maximum absolute atomic E-state index is 11.7. The van der Waals surface area contributed by atoms with Crippen LogP contribution in [0.5, 0.6) is 0 Å². The number of pyridine rings is 1. The van der Waals surface area contributed by atoms with Crippen molar-refractivity contribution in [2.45, 2.75) is 13.0 Å². The summed E-state index contributed by atoms with van der Waals surface area (Å²) < 4.78 is 6.53. The molecule has 5 nitrogen and oxygen atoms in total. The van der Waals surface area contributed by atoms with Crippen LogP contribution in [0.25, 0.3) is 5.52 Å². The Morgan fingerprint density at radius 3 is 2.89 bits per heavy atom. The summed E-state index contributed by atoms with van der Waals surface area (Å²) in [5.74, 6) is 0.264. The summed E-state index contributed by atoms with van der Waals surface area (Å²) in [6.45, 7) is 1.96. The highest BCUT2D eigenvalue weighted by molar-refractivity contribution is 6.30. The summed E-state index contributed by atoms with van der Waals surface area (Å²) in [6, 6.07) is 3.47. The molecule has 6 heteroatoms. The van der Waals surface area contributed by atoms with Crippen molar-refractivity contribution in [1.29, 1.82) is 0 Å². The molecule has 0 fully saturated rings. The van der Waals surface area contributed by atoms with E-state index < -0.39 is 5.97 Å². The molecular weight excluding hydrogens is 254 g/mol. The summed E-state index contributed by atoms with van der Waals surface area (Å²) in [6.07, 6.45) is 1.74. The predicted molar refractivity (Wildman–Crippen MR) is 69.0 cm³/mol. The SMILES string of the molecule is CNC(C)c1nc(C(=O)OC)c2ccc(Cl)cn12. The molecule has 0 saturated heterocycles. The van der Waals surface area contributed by atoms with Crippen LogP contribution in [-0.4, -0.2) is 29.5 Å². The van der Waals surface area contributed by atoms with Gasteiger partial charge in [-0.3, -0.25) is 0 Å². The quantitative estimate of drug-likeness (QED) is 0.865. The Morgan fingerprint density at radius 2 is 2.28 bits per heavy atom. The number of hydrogen-bond donors (Lipinski definition) is 1. The van der Waals surface area contributed by atoms with Gasteiger partial charge in [0.25, 0.3) is 0 Å². The van der Waals surface area contributed by atoms with Crippen LogP contribution in [0, 0.1) is 0 Å². The largest absolute Gasteiger partial charge is 0.464 e. The molecule has 2 aromatic heterocycles. The van der Waals surface area contributed by atoms with Crippen LogP contribution >= 0.6 is 11.6 Å². The molecule has 0 spiro atoms. The van der Waals surface area contributed by atoms with Crippen LogP contribution in [0.2, 0.25) is 5.02 Å². The van der Waals surface area contributed by atoms with Gasteiger partial charge in [0.05, 0.1) is 23.7 Å². The smallest absolute Gasteiger partial charge is 0.358 e. The van der Waals surface area contributed by atoms with Crippen molar-refractivity contribution in [2.75, 3.05) is 14.2 Å². The second kappa shape index (κ2) is 4.96. The monoisotopic (exact) mass is 267 g/mol. The van der Waals surface area contributed by atoms with Crippen molar-refractivity contribution in [3.8, 4) is 0 Å². The van der Waals surface area contributed by atoms with Gasteiger partial charge in [-0.25, -0.2) is 9.78 Å². The van der Waals surface area contributed by atoms with Crippen molar-refractivity contribution in [3.05, 3.63) is 34.9 Å². The van der Waals surface area contributed by atoms with Gasteiger partial charge in [0.1, 0.15) is 5.82 Å². The lowest BCUT2D eigenvalue weighted by Gasteiger charge is -2.08. The van der Waals surface area contributed by atoms with E-state index >= 15 is 0 Å². The van der Waals surface area contributed by atoms with Crippen LogP contribution in [0.3, 0.4) is 0 Å². The molecule has 0 bridgehead atoms. The van der Waals surface area contributed by atoms with E-state index in [2.05, 4.69) is 10.3 Å². The molecule has 2 heterocycles. The zero-order chi connectivity index (χ0) is 13.3. The highest BCUT2D eigenvalue weighted by Crippen LogP contribution is 2.21. The number of halogens is 1. The van der Waals surface area contributed by atoms with E-state index in [9.17, 15) is 4.79 Å². The lowest BCUT2D eigenvalue weighted by molar-refractivity contribution is 0.0596. The van der Waals surface area contributed by atoms with Gasteiger partial charge in [-0.2, -0.15) is 0 Å². The standard InChI is InChI=1S/C12H14ClN3O2/c1-7(14-2)11-15-10(12(17)18-3)9-5-4-8(13)6-16(9)11/h4-7,14H,1-3H3. The lowest BCUT2D eigenvalue weighted by atomic mass is 10.3. The molecule has 0 aliphatic heterocycles. The van der Waals surface area contributed by atoms with Gasteiger partial charge in [-0.15, -0.1) is 0 Å². The number of nitrogens with zero attached hydrogens (tertiary/aromatic N) is 2. The first-order valence-corrected chi connectivity index (χ1v) is 5.89. The molecule has 1 N–H and O–H groups in total. The summed E-state index contributed by atoms with van der Waals surface area (Å²) in [5.41, 5.74) is 0.981. The normalized spacial score (nSPS) is 12.7. The van der Waals surface area contributed by atoms with Gasteiger partial charge in [-0.1, -0.05) is 11.6 Å². The first-order chi connectivity index (χ1) is 8.58. The third kappa shape index (κ3) is 2.07. The van der Waals surface area contributed by atoms with Crippen molar-refractivity contribution in [3.63, 3.8) is 0 Å². The molecular formula is C12H14ClN3O2. The van der Waals surface area contributed by atoms with Gasteiger partial charge < -0.3 is 14.5 Å².